The Bertz CT molecular complexity index is 765. The van der Waals surface area contributed by atoms with Gasteiger partial charge in [-0.25, -0.2) is 0 Å². The molecular formula is C20H20O2. The molecule has 112 valence electrons. The van der Waals surface area contributed by atoms with E-state index in [2.05, 4.69) is 13.8 Å². The van der Waals surface area contributed by atoms with Crippen LogP contribution >= 0.6 is 0 Å². The number of Topliss-reactive ketones (excluding diaryl/α,β-unsaturated/α-hetero) is 1. The highest BCUT2D eigenvalue weighted by Gasteiger charge is 2.36. The van der Waals surface area contributed by atoms with Crippen LogP contribution in [0.4, 0.5) is 0 Å². The smallest absolute Gasteiger partial charge is 0.193 e. The van der Waals surface area contributed by atoms with Crippen molar-refractivity contribution in [3.8, 4) is 0 Å². The highest BCUT2D eigenvalue weighted by Crippen LogP contribution is 2.41. The molecule has 22 heavy (non-hydrogen) atoms. The van der Waals surface area contributed by atoms with Crippen LogP contribution in [0.5, 0.6) is 0 Å². The summed E-state index contributed by atoms with van der Waals surface area (Å²) >= 11 is 0. The zero-order chi connectivity index (χ0) is 15.9. The molecule has 0 aliphatic heterocycles. The van der Waals surface area contributed by atoms with Crippen molar-refractivity contribution in [2.75, 3.05) is 0 Å². The molecule has 0 aromatic heterocycles. The first kappa shape index (κ1) is 14.6. The minimum atomic E-state index is -0.168. The standard InChI is InChI=1S/C20H20O2/c1-13-8-10-14(11-9-13)18(21)16-12-20(2,3)17-7-5-4-6-15(17)19(16)22/h4-11,21H,12H2,1-3H3/b18-16+. The molecule has 0 amide bonds. The molecule has 2 nitrogen and oxygen atoms in total. The lowest BCUT2D eigenvalue weighted by molar-refractivity contribution is 0.101. The maximum absolute atomic E-state index is 12.8. The number of carbonyl (C=O) groups excluding carboxylic acids is 1. The zero-order valence-corrected chi connectivity index (χ0v) is 13.2. The highest BCUT2D eigenvalue weighted by molar-refractivity contribution is 6.14. The van der Waals surface area contributed by atoms with Crippen LogP contribution in [0.15, 0.2) is 54.1 Å². The Labute approximate surface area is 131 Å². The highest BCUT2D eigenvalue weighted by atomic mass is 16.3. The minimum Gasteiger partial charge on any atom is -0.507 e. The van der Waals surface area contributed by atoms with Crippen molar-refractivity contribution >= 4 is 11.5 Å². The van der Waals surface area contributed by atoms with Gasteiger partial charge in [0.25, 0.3) is 0 Å². The number of benzene rings is 2. The average Bonchev–Trinajstić information content (AvgIpc) is 2.51. The van der Waals surface area contributed by atoms with Crippen LogP contribution in [0.25, 0.3) is 5.76 Å². The summed E-state index contributed by atoms with van der Waals surface area (Å²) in [6.07, 6.45) is 0.544. The molecule has 0 spiro atoms. The topological polar surface area (TPSA) is 37.3 Å². The molecule has 0 unspecified atom stereocenters. The summed E-state index contributed by atoms with van der Waals surface area (Å²) in [5, 5.41) is 10.6. The van der Waals surface area contributed by atoms with Gasteiger partial charge in [0.05, 0.1) is 0 Å². The van der Waals surface area contributed by atoms with Gasteiger partial charge in [-0.05, 0) is 24.3 Å². The third-order valence-corrected chi connectivity index (χ3v) is 4.40. The number of fused-ring (bicyclic) bond motifs is 1. The van der Waals surface area contributed by atoms with Crippen molar-refractivity contribution in [2.24, 2.45) is 0 Å². The Morgan fingerprint density at radius 3 is 2.36 bits per heavy atom. The molecule has 0 heterocycles. The lowest BCUT2D eigenvalue weighted by atomic mass is 9.69. The molecule has 0 bridgehead atoms. The number of ketones is 1. The maximum atomic E-state index is 12.8. The maximum Gasteiger partial charge on any atom is 0.193 e. The van der Waals surface area contributed by atoms with Gasteiger partial charge in [0.15, 0.2) is 5.78 Å². The molecule has 0 saturated carbocycles. The molecule has 2 heteroatoms. The normalized spacial score (nSPS) is 18.8. The number of rotatable bonds is 1. The van der Waals surface area contributed by atoms with E-state index in [1.807, 2.05) is 55.5 Å². The van der Waals surface area contributed by atoms with Gasteiger partial charge in [0, 0.05) is 16.7 Å². The van der Waals surface area contributed by atoms with Gasteiger partial charge in [0.1, 0.15) is 5.76 Å². The second kappa shape index (κ2) is 5.13. The summed E-state index contributed by atoms with van der Waals surface area (Å²) in [6.45, 7) is 6.22. The van der Waals surface area contributed by atoms with E-state index in [1.54, 1.807) is 0 Å². The van der Waals surface area contributed by atoms with Crippen LogP contribution < -0.4 is 0 Å². The number of allylic oxidation sites excluding steroid dienone is 1. The Kier molecular flexibility index (Phi) is 3.40. The molecule has 1 aliphatic rings. The lowest BCUT2D eigenvalue weighted by Crippen LogP contribution is -2.29. The summed E-state index contributed by atoms with van der Waals surface area (Å²) in [5.74, 6) is 0.0422. The fourth-order valence-corrected chi connectivity index (χ4v) is 3.13. The van der Waals surface area contributed by atoms with Crippen molar-refractivity contribution in [3.63, 3.8) is 0 Å². The van der Waals surface area contributed by atoms with Gasteiger partial charge in [-0.2, -0.15) is 0 Å². The zero-order valence-electron chi connectivity index (χ0n) is 13.2. The van der Waals surface area contributed by atoms with Gasteiger partial charge in [-0.3, -0.25) is 4.79 Å². The largest absolute Gasteiger partial charge is 0.507 e. The first-order valence-corrected chi connectivity index (χ1v) is 7.53. The van der Waals surface area contributed by atoms with Gasteiger partial charge in [0.2, 0.25) is 0 Å². The van der Waals surface area contributed by atoms with Crippen LogP contribution in [0.2, 0.25) is 0 Å². The summed E-state index contributed by atoms with van der Waals surface area (Å²) in [4.78, 5) is 12.8. The van der Waals surface area contributed by atoms with Gasteiger partial charge in [-0.15, -0.1) is 0 Å². The van der Waals surface area contributed by atoms with E-state index in [-0.39, 0.29) is 17.0 Å². The monoisotopic (exact) mass is 292 g/mol. The van der Waals surface area contributed by atoms with Crippen molar-refractivity contribution in [2.45, 2.75) is 32.6 Å². The van der Waals surface area contributed by atoms with Crippen molar-refractivity contribution in [3.05, 3.63) is 76.4 Å². The number of hydrogen-bond donors (Lipinski definition) is 1. The van der Waals surface area contributed by atoms with E-state index in [9.17, 15) is 9.90 Å². The van der Waals surface area contributed by atoms with Gasteiger partial charge in [-0.1, -0.05) is 67.9 Å². The van der Waals surface area contributed by atoms with E-state index in [1.165, 1.54) is 0 Å². The molecule has 3 rings (SSSR count). The fraction of sp³-hybridized carbons (Fsp3) is 0.250. The molecular weight excluding hydrogens is 272 g/mol. The Balaban J connectivity index is 2.15. The number of aliphatic hydroxyl groups excluding tert-OH is 1. The number of aliphatic hydroxyl groups is 1. The summed E-state index contributed by atoms with van der Waals surface area (Å²) in [6, 6.07) is 15.3. The van der Waals surface area contributed by atoms with Crippen molar-refractivity contribution in [1.82, 2.24) is 0 Å². The molecule has 2 aromatic carbocycles. The molecule has 0 fully saturated rings. The third-order valence-electron chi connectivity index (χ3n) is 4.40. The van der Waals surface area contributed by atoms with Crippen LogP contribution in [-0.4, -0.2) is 10.9 Å². The van der Waals surface area contributed by atoms with Gasteiger partial charge < -0.3 is 5.11 Å². The summed E-state index contributed by atoms with van der Waals surface area (Å²) < 4.78 is 0. The average molecular weight is 292 g/mol. The number of hydrogen-bond acceptors (Lipinski definition) is 2. The molecule has 0 saturated heterocycles. The quantitative estimate of drug-likeness (QED) is 0.604. The van der Waals surface area contributed by atoms with E-state index in [0.29, 0.717) is 23.1 Å². The second-order valence-electron chi connectivity index (χ2n) is 6.63. The SMILES string of the molecule is Cc1ccc(/C(O)=C2/CC(C)(C)c3ccccc3C2=O)cc1. The summed E-state index contributed by atoms with van der Waals surface area (Å²) in [7, 11) is 0. The lowest BCUT2D eigenvalue weighted by Gasteiger charge is -2.33. The molecule has 0 atom stereocenters. The third kappa shape index (κ3) is 2.35. The summed E-state index contributed by atoms with van der Waals surface area (Å²) in [5.41, 5.74) is 3.92. The van der Waals surface area contributed by atoms with E-state index in [4.69, 9.17) is 0 Å². The van der Waals surface area contributed by atoms with Crippen LogP contribution in [0, 0.1) is 6.92 Å². The van der Waals surface area contributed by atoms with Gasteiger partial charge >= 0.3 is 0 Å². The first-order chi connectivity index (χ1) is 10.4. The predicted molar refractivity (Wildman–Crippen MR) is 89.1 cm³/mol. The minimum absolute atomic E-state index is 0.0620. The molecule has 2 aromatic rings. The van der Waals surface area contributed by atoms with E-state index in [0.717, 1.165) is 11.1 Å². The predicted octanol–water partition coefficient (Wildman–Crippen LogP) is 4.83. The van der Waals surface area contributed by atoms with E-state index >= 15 is 0 Å². The van der Waals surface area contributed by atoms with Crippen LogP contribution in [0.3, 0.4) is 0 Å². The Morgan fingerprint density at radius 2 is 1.68 bits per heavy atom. The van der Waals surface area contributed by atoms with E-state index < -0.39 is 0 Å². The Morgan fingerprint density at radius 1 is 1.05 bits per heavy atom. The van der Waals surface area contributed by atoms with Crippen molar-refractivity contribution in [1.29, 1.82) is 0 Å². The van der Waals surface area contributed by atoms with Crippen molar-refractivity contribution < 1.29 is 9.90 Å². The van der Waals surface area contributed by atoms with Crippen LogP contribution in [-0.2, 0) is 5.41 Å². The molecule has 1 aliphatic carbocycles. The molecule has 0 radical (unpaired) electrons. The number of carbonyl (C=O) groups is 1. The Hall–Kier alpha value is -2.35. The van der Waals surface area contributed by atoms with Crippen LogP contribution in [0.1, 0.15) is 47.3 Å². The first-order valence-electron chi connectivity index (χ1n) is 7.53. The molecule has 1 N–H and O–H groups in total. The fourth-order valence-electron chi connectivity index (χ4n) is 3.13. The second-order valence-corrected chi connectivity index (χ2v) is 6.63. The number of aryl methyl sites for hydroxylation is 1.